The number of likely N-dealkylation sites (tertiary alicyclic amines) is 1. The maximum atomic E-state index is 11.3. The Hall–Kier alpha value is -1.72. The van der Waals surface area contributed by atoms with Crippen molar-refractivity contribution in [2.24, 2.45) is 5.41 Å². The van der Waals surface area contributed by atoms with Crippen LogP contribution in [-0.2, 0) is 11.3 Å². The largest absolute Gasteiger partial charge is 0.481 e. The maximum absolute atomic E-state index is 11.3. The van der Waals surface area contributed by atoms with E-state index >= 15 is 0 Å². The predicted octanol–water partition coefficient (Wildman–Crippen LogP) is 3.42. The molecule has 0 aliphatic carbocycles. The van der Waals surface area contributed by atoms with Crippen molar-refractivity contribution >= 4 is 17.3 Å². The molecule has 1 aliphatic heterocycles. The van der Waals surface area contributed by atoms with E-state index in [1.807, 2.05) is 13.1 Å². The molecule has 1 aromatic heterocycles. The van der Waals surface area contributed by atoms with E-state index < -0.39 is 11.4 Å². The van der Waals surface area contributed by atoms with Crippen molar-refractivity contribution in [1.29, 1.82) is 0 Å². The lowest BCUT2D eigenvalue weighted by Gasteiger charge is -2.19. The number of thiazole rings is 1. The number of carbonyl (C=O) groups is 1. The molecule has 1 atom stereocenters. The van der Waals surface area contributed by atoms with Crippen molar-refractivity contribution < 1.29 is 9.90 Å². The average molecular weight is 316 g/mol. The molecule has 0 bridgehead atoms. The van der Waals surface area contributed by atoms with Crippen LogP contribution in [0.1, 0.15) is 23.8 Å². The molecular formula is C17H20N2O2S. The zero-order chi connectivity index (χ0) is 15.7. The summed E-state index contributed by atoms with van der Waals surface area (Å²) >= 11 is 1.69. The number of aromatic nitrogens is 1. The van der Waals surface area contributed by atoms with Crippen molar-refractivity contribution in [3.63, 3.8) is 0 Å². The molecule has 1 N–H and O–H groups in total. The van der Waals surface area contributed by atoms with E-state index in [2.05, 4.69) is 41.1 Å². The fraction of sp³-hybridized carbons (Fsp3) is 0.412. The van der Waals surface area contributed by atoms with Crippen LogP contribution in [0.3, 0.4) is 0 Å². The molecule has 3 rings (SSSR count). The lowest BCUT2D eigenvalue weighted by atomic mass is 9.90. The van der Waals surface area contributed by atoms with Crippen LogP contribution >= 0.6 is 11.3 Å². The highest BCUT2D eigenvalue weighted by atomic mass is 32.1. The predicted molar refractivity (Wildman–Crippen MR) is 87.9 cm³/mol. The van der Waals surface area contributed by atoms with E-state index in [1.165, 1.54) is 10.4 Å². The first kappa shape index (κ1) is 15.2. The molecule has 22 heavy (non-hydrogen) atoms. The van der Waals surface area contributed by atoms with Gasteiger partial charge in [0.25, 0.3) is 0 Å². The van der Waals surface area contributed by atoms with Crippen LogP contribution in [0.15, 0.2) is 30.5 Å². The van der Waals surface area contributed by atoms with Gasteiger partial charge in [-0.2, -0.15) is 0 Å². The Balaban J connectivity index is 1.68. The van der Waals surface area contributed by atoms with Gasteiger partial charge in [-0.15, -0.1) is 11.3 Å². The van der Waals surface area contributed by atoms with Crippen LogP contribution < -0.4 is 0 Å². The van der Waals surface area contributed by atoms with Crippen LogP contribution in [0, 0.1) is 12.3 Å². The second-order valence-electron chi connectivity index (χ2n) is 6.32. The van der Waals surface area contributed by atoms with Crippen molar-refractivity contribution in [3.8, 4) is 10.6 Å². The number of carboxylic acids is 1. The Bertz CT molecular complexity index is 680. The molecule has 5 heteroatoms. The summed E-state index contributed by atoms with van der Waals surface area (Å²) in [6.45, 7) is 6.14. The zero-order valence-electron chi connectivity index (χ0n) is 12.9. The highest BCUT2D eigenvalue weighted by Crippen LogP contribution is 2.32. The smallest absolute Gasteiger partial charge is 0.310 e. The molecule has 2 heterocycles. The summed E-state index contributed by atoms with van der Waals surface area (Å²) in [7, 11) is 0. The number of aliphatic carboxylic acids is 1. The second-order valence-corrected chi connectivity index (χ2v) is 7.44. The molecule has 1 fully saturated rings. The minimum absolute atomic E-state index is 0.607. The monoisotopic (exact) mass is 316 g/mol. The molecule has 1 aliphatic rings. The first-order valence-corrected chi connectivity index (χ1v) is 8.25. The number of carboxylic acid groups (broad SMARTS) is 1. The summed E-state index contributed by atoms with van der Waals surface area (Å²) in [4.78, 5) is 19.2. The fourth-order valence-corrected chi connectivity index (χ4v) is 3.76. The fourth-order valence-electron chi connectivity index (χ4n) is 2.80. The van der Waals surface area contributed by atoms with Crippen molar-refractivity contribution in [2.75, 3.05) is 13.1 Å². The lowest BCUT2D eigenvalue weighted by Crippen LogP contribution is -2.31. The molecule has 116 valence electrons. The lowest BCUT2D eigenvalue weighted by molar-refractivity contribution is -0.147. The summed E-state index contributed by atoms with van der Waals surface area (Å²) in [5.41, 5.74) is 1.77. The summed E-state index contributed by atoms with van der Waals surface area (Å²) in [6, 6.07) is 8.37. The topological polar surface area (TPSA) is 53.4 Å². The number of rotatable bonds is 4. The summed E-state index contributed by atoms with van der Waals surface area (Å²) in [5.74, 6) is -0.695. The number of aryl methyl sites for hydroxylation is 1. The molecule has 1 saturated heterocycles. The van der Waals surface area contributed by atoms with Crippen LogP contribution in [0.4, 0.5) is 0 Å². The molecule has 0 amide bonds. The number of hydrogen-bond donors (Lipinski definition) is 1. The SMILES string of the molecule is Cc1ccc(-c2ncc(CN3CCC(C)(C(=O)O)C3)s2)cc1. The normalized spacial score (nSPS) is 22.1. The quantitative estimate of drug-likeness (QED) is 0.939. The van der Waals surface area contributed by atoms with Gasteiger partial charge in [0.2, 0.25) is 0 Å². The van der Waals surface area contributed by atoms with E-state index in [-0.39, 0.29) is 0 Å². The number of nitrogens with zero attached hydrogens (tertiary/aromatic N) is 2. The van der Waals surface area contributed by atoms with Gasteiger partial charge in [0.05, 0.1) is 5.41 Å². The third-order valence-electron chi connectivity index (χ3n) is 4.30. The summed E-state index contributed by atoms with van der Waals surface area (Å²) < 4.78 is 0. The standard InChI is InChI=1S/C17H20N2O2S/c1-12-3-5-13(6-4-12)15-18-9-14(22-15)10-19-8-7-17(2,11-19)16(20)21/h3-6,9H,7-8,10-11H2,1-2H3,(H,20,21). The third kappa shape index (κ3) is 3.05. The van der Waals surface area contributed by atoms with Crippen LogP contribution in [0.25, 0.3) is 10.6 Å². The first-order chi connectivity index (χ1) is 10.5. The van der Waals surface area contributed by atoms with Crippen LogP contribution in [-0.4, -0.2) is 34.0 Å². The van der Waals surface area contributed by atoms with E-state index in [0.29, 0.717) is 13.0 Å². The Kier molecular flexibility index (Phi) is 4.02. The Morgan fingerprint density at radius 3 is 2.77 bits per heavy atom. The average Bonchev–Trinajstić information content (AvgIpc) is 3.08. The first-order valence-electron chi connectivity index (χ1n) is 7.44. The van der Waals surface area contributed by atoms with Gasteiger partial charge in [-0.1, -0.05) is 29.8 Å². The van der Waals surface area contributed by atoms with E-state index in [1.54, 1.807) is 11.3 Å². The molecule has 1 aromatic carbocycles. The van der Waals surface area contributed by atoms with Crippen LogP contribution in [0.5, 0.6) is 0 Å². The molecule has 0 radical (unpaired) electrons. The van der Waals surface area contributed by atoms with Crippen molar-refractivity contribution in [3.05, 3.63) is 40.9 Å². The van der Waals surface area contributed by atoms with E-state index in [4.69, 9.17) is 0 Å². The third-order valence-corrected chi connectivity index (χ3v) is 5.33. The summed E-state index contributed by atoms with van der Waals surface area (Å²) in [6.07, 6.45) is 2.63. The van der Waals surface area contributed by atoms with Crippen LogP contribution in [0.2, 0.25) is 0 Å². The van der Waals surface area contributed by atoms with Crippen molar-refractivity contribution in [1.82, 2.24) is 9.88 Å². The molecule has 4 nitrogen and oxygen atoms in total. The second kappa shape index (κ2) is 5.82. The molecule has 2 aromatic rings. The minimum Gasteiger partial charge on any atom is -0.481 e. The van der Waals surface area contributed by atoms with Gasteiger partial charge >= 0.3 is 5.97 Å². The van der Waals surface area contributed by atoms with E-state index in [9.17, 15) is 9.90 Å². The zero-order valence-corrected chi connectivity index (χ0v) is 13.7. The Morgan fingerprint density at radius 2 is 2.14 bits per heavy atom. The van der Waals surface area contributed by atoms with E-state index in [0.717, 1.165) is 23.7 Å². The molecular weight excluding hydrogens is 296 g/mol. The Morgan fingerprint density at radius 1 is 1.41 bits per heavy atom. The minimum atomic E-state index is -0.695. The highest BCUT2D eigenvalue weighted by molar-refractivity contribution is 7.15. The number of hydrogen-bond acceptors (Lipinski definition) is 4. The van der Waals surface area contributed by atoms with Gasteiger partial charge < -0.3 is 5.11 Å². The summed E-state index contributed by atoms with van der Waals surface area (Å²) in [5, 5.41) is 10.3. The van der Waals surface area contributed by atoms with Gasteiger partial charge in [0, 0.05) is 29.7 Å². The highest BCUT2D eigenvalue weighted by Gasteiger charge is 2.40. The molecule has 0 saturated carbocycles. The molecule has 0 spiro atoms. The van der Waals surface area contributed by atoms with Gasteiger partial charge in [0.15, 0.2) is 0 Å². The Labute approximate surface area is 134 Å². The maximum Gasteiger partial charge on any atom is 0.310 e. The van der Waals surface area contributed by atoms with Gasteiger partial charge in [-0.25, -0.2) is 4.98 Å². The van der Waals surface area contributed by atoms with Gasteiger partial charge in [0.1, 0.15) is 5.01 Å². The van der Waals surface area contributed by atoms with Gasteiger partial charge in [-0.3, -0.25) is 9.69 Å². The number of benzene rings is 1. The van der Waals surface area contributed by atoms with Crippen molar-refractivity contribution in [2.45, 2.75) is 26.8 Å². The van der Waals surface area contributed by atoms with Gasteiger partial charge in [-0.05, 0) is 26.8 Å². The molecule has 1 unspecified atom stereocenters.